The van der Waals surface area contributed by atoms with Crippen LogP contribution in [0.1, 0.15) is 39.9 Å². The number of thiazole rings is 1. The smallest absolute Gasteiger partial charge is 0.260 e. The van der Waals surface area contributed by atoms with Crippen molar-refractivity contribution in [1.29, 1.82) is 0 Å². The summed E-state index contributed by atoms with van der Waals surface area (Å²) in [6.07, 6.45) is 0.412. The Balaban J connectivity index is 1.42. The van der Waals surface area contributed by atoms with Gasteiger partial charge in [-0.2, -0.15) is 0 Å². The second-order valence-electron chi connectivity index (χ2n) is 9.76. The number of fused-ring (bicyclic) bond motifs is 3. The third-order valence-corrected chi connectivity index (χ3v) is 7.89. The van der Waals surface area contributed by atoms with Crippen molar-refractivity contribution in [3.8, 4) is 5.75 Å². The maximum absolute atomic E-state index is 14.6. The zero-order valence-corrected chi connectivity index (χ0v) is 22.4. The van der Waals surface area contributed by atoms with Gasteiger partial charge in [-0.05, 0) is 42.8 Å². The highest BCUT2D eigenvalue weighted by Gasteiger charge is 2.58. The number of aliphatic hydroxyl groups excluding tert-OH is 1. The molecule has 0 spiro atoms. The van der Waals surface area contributed by atoms with Crippen LogP contribution >= 0.6 is 11.3 Å². The first-order chi connectivity index (χ1) is 19.1. The van der Waals surface area contributed by atoms with Gasteiger partial charge in [0.2, 0.25) is 5.90 Å². The Kier molecular flexibility index (Phi) is 6.89. The maximum atomic E-state index is 14.6. The van der Waals surface area contributed by atoms with Crippen LogP contribution in [0.15, 0.2) is 89.2 Å². The fourth-order valence-corrected chi connectivity index (χ4v) is 5.85. The lowest BCUT2D eigenvalue weighted by Crippen LogP contribution is -2.55. The van der Waals surface area contributed by atoms with Gasteiger partial charge in [-0.25, -0.2) is 9.98 Å². The third-order valence-electron chi connectivity index (χ3n) is 7.07. The van der Waals surface area contributed by atoms with Gasteiger partial charge in [0, 0.05) is 36.0 Å². The van der Waals surface area contributed by atoms with E-state index >= 15 is 0 Å². The SMILES string of the molecule is Cc1nc(CN2C(=O)[C@]3(Cc4ccccc4)N=C(c4ccc(OCCCO)cc4)O[C@@H]3c3ccccc32)cs1. The fourth-order valence-electron chi connectivity index (χ4n) is 5.25. The Morgan fingerprint density at radius 1 is 1.05 bits per heavy atom. The van der Waals surface area contributed by atoms with Crippen LogP contribution in [0.2, 0.25) is 0 Å². The van der Waals surface area contributed by atoms with Crippen LogP contribution in [0.4, 0.5) is 5.69 Å². The molecule has 7 nitrogen and oxygen atoms in total. The number of carbonyl (C=O) groups excluding carboxylic acids is 1. The summed E-state index contributed by atoms with van der Waals surface area (Å²) in [6, 6.07) is 25.4. The van der Waals surface area contributed by atoms with E-state index in [4.69, 9.17) is 19.6 Å². The van der Waals surface area contributed by atoms with Crippen LogP contribution in [0.5, 0.6) is 5.75 Å². The minimum atomic E-state index is -1.16. The first kappa shape index (κ1) is 25.3. The molecule has 8 heteroatoms. The number of amides is 1. The Morgan fingerprint density at radius 3 is 2.56 bits per heavy atom. The summed E-state index contributed by atoms with van der Waals surface area (Å²) in [7, 11) is 0. The molecule has 0 bridgehead atoms. The number of rotatable bonds is 9. The van der Waals surface area contributed by atoms with Gasteiger partial charge in [0.25, 0.3) is 5.91 Å². The fraction of sp³-hybridized carbons (Fsp3) is 0.258. The maximum Gasteiger partial charge on any atom is 0.260 e. The number of aryl methyl sites for hydroxylation is 1. The first-order valence-corrected chi connectivity index (χ1v) is 13.9. The van der Waals surface area contributed by atoms with Crippen LogP contribution in [-0.2, 0) is 22.5 Å². The van der Waals surface area contributed by atoms with Crippen molar-refractivity contribution in [2.24, 2.45) is 4.99 Å². The van der Waals surface area contributed by atoms with Crippen LogP contribution < -0.4 is 9.64 Å². The quantitative estimate of drug-likeness (QED) is 0.294. The molecule has 0 saturated heterocycles. The predicted octanol–water partition coefficient (Wildman–Crippen LogP) is 5.26. The Labute approximate surface area is 231 Å². The molecule has 0 radical (unpaired) electrons. The number of anilines is 1. The normalized spacial score (nSPS) is 19.7. The average Bonchev–Trinajstić information content (AvgIpc) is 3.56. The number of para-hydroxylation sites is 1. The molecule has 1 amide bonds. The van der Waals surface area contributed by atoms with Gasteiger partial charge in [-0.1, -0.05) is 48.5 Å². The van der Waals surface area contributed by atoms with Crippen LogP contribution in [-0.4, -0.2) is 40.6 Å². The summed E-state index contributed by atoms with van der Waals surface area (Å²) in [5, 5.41) is 12.0. The summed E-state index contributed by atoms with van der Waals surface area (Å²) in [6.45, 7) is 2.86. The number of hydrogen-bond donors (Lipinski definition) is 1. The molecule has 39 heavy (non-hydrogen) atoms. The molecule has 2 aliphatic rings. The van der Waals surface area contributed by atoms with Crippen LogP contribution in [0, 0.1) is 6.92 Å². The highest BCUT2D eigenvalue weighted by atomic mass is 32.1. The molecule has 4 aromatic rings. The van der Waals surface area contributed by atoms with Gasteiger partial charge in [0.15, 0.2) is 11.6 Å². The van der Waals surface area contributed by atoms with Crippen molar-refractivity contribution in [2.45, 2.75) is 38.0 Å². The molecule has 0 unspecified atom stereocenters. The highest BCUT2D eigenvalue weighted by molar-refractivity contribution is 7.09. The molecule has 0 saturated carbocycles. The predicted molar refractivity (Wildman–Crippen MR) is 151 cm³/mol. The topological polar surface area (TPSA) is 84.3 Å². The summed E-state index contributed by atoms with van der Waals surface area (Å²) in [4.78, 5) is 26.1. The average molecular weight is 540 g/mol. The summed E-state index contributed by atoms with van der Waals surface area (Å²) >= 11 is 1.58. The zero-order valence-electron chi connectivity index (χ0n) is 21.6. The highest BCUT2D eigenvalue weighted by Crippen LogP contribution is 2.50. The molecular weight excluding hydrogens is 510 g/mol. The molecule has 198 valence electrons. The van der Waals surface area contributed by atoms with Crippen LogP contribution in [0.3, 0.4) is 0 Å². The standard InChI is InChI=1S/C31H29N3O4S/c1-21-32-24(20-39-21)19-34-27-11-6-5-10-26(27)28-31(30(34)36,18-22-8-3-2-4-9-22)33-29(38-28)23-12-14-25(15-13-23)37-17-7-16-35/h2-6,8-15,20,28,35H,7,16-19H2,1H3/t28-,31-/m1/s1. The van der Waals surface area contributed by atoms with E-state index in [9.17, 15) is 4.79 Å². The monoisotopic (exact) mass is 539 g/mol. The third kappa shape index (κ3) is 4.82. The number of carbonyl (C=O) groups is 1. The molecule has 0 aliphatic carbocycles. The molecule has 1 N–H and O–H groups in total. The molecule has 3 heterocycles. The number of ether oxygens (including phenoxy) is 2. The van der Waals surface area contributed by atoms with Gasteiger partial charge in [0.1, 0.15) is 5.75 Å². The van der Waals surface area contributed by atoms with E-state index in [1.165, 1.54) is 0 Å². The molecule has 3 aromatic carbocycles. The van der Waals surface area contributed by atoms with E-state index in [0.717, 1.165) is 33.1 Å². The Morgan fingerprint density at radius 2 is 1.82 bits per heavy atom. The lowest BCUT2D eigenvalue weighted by atomic mass is 9.78. The van der Waals surface area contributed by atoms with E-state index in [-0.39, 0.29) is 12.5 Å². The van der Waals surface area contributed by atoms with Crippen molar-refractivity contribution in [3.05, 3.63) is 112 Å². The Hall–Kier alpha value is -4.01. The van der Waals surface area contributed by atoms with Crippen molar-refractivity contribution in [1.82, 2.24) is 4.98 Å². The van der Waals surface area contributed by atoms with Crippen molar-refractivity contribution in [2.75, 3.05) is 18.1 Å². The summed E-state index contributed by atoms with van der Waals surface area (Å²) in [5.74, 6) is 1.04. The number of hydrogen-bond acceptors (Lipinski definition) is 7. The van der Waals surface area contributed by atoms with Gasteiger partial charge in [-0.15, -0.1) is 11.3 Å². The largest absolute Gasteiger partial charge is 0.494 e. The lowest BCUT2D eigenvalue weighted by Gasteiger charge is -2.41. The minimum absolute atomic E-state index is 0.0855. The number of aromatic nitrogens is 1. The van der Waals surface area contributed by atoms with E-state index in [2.05, 4.69) is 4.98 Å². The second kappa shape index (κ2) is 10.6. The number of nitrogens with zero attached hydrogens (tertiary/aromatic N) is 3. The summed E-state index contributed by atoms with van der Waals surface area (Å²) < 4.78 is 12.3. The van der Waals surface area contributed by atoms with Gasteiger partial charge >= 0.3 is 0 Å². The summed E-state index contributed by atoms with van der Waals surface area (Å²) in [5.41, 5.74) is 3.24. The number of benzene rings is 3. The molecule has 2 aliphatic heterocycles. The van der Waals surface area contributed by atoms with Crippen molar-refractivity contribution < 1.29 is 19.4 Å². The molecular formula is C31H29N3O4S. The first-order valence-electron chi connectivity index (χ1n) is 13.0. The van der Waals surface area contributed by atoms with E-state index < -0.39 is 11.6 Å². The van der Waals surface area contributed by atoms with Crippen molar-refractivity contribution in [3.63, 3.8) is 0 Å². The van der Waals surface area contributed by atoms with Gasteiger partial charge < -0.3 is 19.5 Å². The van der Waals surface area contributed by atoms with Gasteiger partial charge in [0.05, 0.1) is 29.5 Å². The lowest BCUT2D eigenvalue weighted by molar-refractivity contribution is -0.127. The molecule has 1 aromatic heterocycles. The molecule has 2 atom stereocenters. The van der Waals surface area contributed by atoms with E-state index in [1.54, 1.807) is 11.3 Å². The Bertz CT molecular complexity index is 1500. The molecule has 6 rings (SSSR count). The van der Waals surface area contributed by atoms with Crippen molar-refractivity contribution >= 4 is 28.8 Å². The van der Waals surface area contributed by atoms with Crippen LogP contribution in [0.25, 0.3) is 0 Å². The van der Waals surface area contributed by atoms with E-state index in [1.807, 2.05) is 96.1 Å². The van der Waals surface area contributed by atoms with E-state index in [0.29, 0.717) is 37.6 Å². The second-order valence-corrected chi connectivity index (χ2v) is 10.8. The van der Waals surface area contributed by atoms with Gasteiger partial charge in [-0.3, -0.25) is 4.79 Å². The molecule has 0 fully saturated rings. The number of aliphatic hydroxyl groups is 1. The minimum Gasteiger partial charge on any atom is -0.494 e. The zero-order chi connectivity index (χ0) is 26.8. The number of aliphatic imine (C=N–C) groups is 1.